The van der Waals surface area contributed by atoms with Crippen LogP contribution in [0.5, 0.6) is 0 Å². The summed E-state index contributed by atoms with van der Waals surface area (Å²) in [4.78, 5) is 24.5. The summed E-state index contributed by atoms with van der Waals surface area (Å²) in [5.74, 6) is -1.12. The SMILES string of the molecule is Cc1ccc(CCC(=O)N2CCC(C(=O)O)C2)cc1. The molecule has 4 nitrogen and oxygen atoms in total. The highest BCUT2D eigenvalue weighted by Crippen LogP contribution is 2.17. The minimum atomic E-state index is -0.797. The van der Waals surface area contributed by atoms with Crippen molar-refractivity contribution in [3.63, 3.8) is 0 Å². The number of hydrogen-bond donors (Lipinski definition) is 1. The first-order valence-electron chi connectivity index (χ1n) is 6.62. The number of benzene rings is 1. The molecule has 4 heteroatoms. The topological polar surface area (TPSA) is 57.6 Å². The number of aryl methyl sites for hydroxylation is 2. The van der Waals surface area contributed by atoms with E-state index in [-0.39, 0.29) is 11.8 Å². The predicted octanol–water partition coefficient (Wildman–Crippen LogP) is 1.86. The molecule has 19 heavy (non-hydrogen) atoms. The Morgan fingerprint density at radius 1 is 1.32 bits per heavy atom. The summed E-state index contributed by atoms with van der Waals surface area (Å²) in [5.41, 5.74) is 2.35. The van der Waals surface area contributed by atoms with Gasteiger partial charge in [-0.05, 0) is 25.3 Å². The number of aliphatic carboxylic acids is 1. The first-order chi connectivity index (χ1) is 9.06. The van der Waals surface area contributed by atoms with Gasteiger partial charge in [-0.3, -0.25) is 9.59 Å². The van der Waals surface area contributed by atoms with Gasteiger partial charge in [0.1, 0.15) is 0 Å². The largest absolute Gasteiger partial charge is 0.481 e. The molecule has 1 aliphatic rings. The van der Waals surface area contributed by atoms with E-state index in [1.165, 1.54) is 5.56 Å². The van der Waals surface area contributed by atoms with Gasteiger partial charge < -0.3 is 10.0 Å². The third-order valence-corrected chi connectivity index (χ3v) is 3.64. The molecule has 1 aromatic rings. The van der Waals surface area contributed by atoms with E-state index in [2.05, 4.69) is 0 Å². The van der Waals surface area contributed by atoms with Crippen molar-refractivity contribution in [1.29, 1.82) is 0 Å². The monoisotopic (exact) mass is 261 g/mol. The first kappa shape index (κ1) is 13.6. The Hall–Kier alpha value is -1.84. The van der Waals surface area contributed by atoms with E-state index in [4.69, 9.17) is 5.11 Å². The van der Waals surface area contributed by atoms with Crippen LogP contribution in [0.25, 0.3) is 0 Å². The van der Waals surface area contributed by atoms with E-state index < -0.39 is 5.97 Å². The minimum Gasteiger partial charge on any atom is -0.481 e. The molecule has 0 aromatic heterocycles. The van der Waals surface area contributed by atoms with Gasteiger partial charge in [-0.1, -0.05) is 29.8 Å². The van der Waals surface area contributed by atoms with Crippen LogP contribution in [0.3, 0.4) is 0 Å². The van der Waals surface area contributed by atoms with E-state index in [0.29, 0.717) is 32.4 Å². The van der Waals surface area contributed by atoms with Gasteiger partial charge in [-0.25, -0.2) is 0 Å². The Bertz CT molecular complexity index is 467. The first-order valence-corrected chi connectivity index (χ1v) is 6.62. The van der Waals surface area contributed by atoms with E-state index in [1.54, 1.807) is 4.90 Å². The fraction of sp³-hybridized carbons (Fsp3) is 0.467. The Morgan fingerprint density at radius 2 is 2.00 bits per heavy atom. The Kier molecular flexibility index (Phi) is 4.20. The molecule has 0 spiro atoms. The summed E-state index contributed by atoms with van der Waals surface area (Å²) in [6.07, 6.45) is 1.74. The molecule has 1 atom stereocenters. The van der Waals surface area contributed by atoms with Gasteiger partial charge >= 0.3 is 5.97 Å². The quantitative estimate of drug-likeness (QED) is 0.900. The van der Waals surface area contributed by atoms with Crippen LogP contribution >= 0.6 is 0 Å². The fourth-order valence-corrected chi connectivity index (χ4v) is 2.35. The molecule has 0 aliphatic carbocycles. The van der Waals surface area contributed by atoms with Gasteiger partial charge in [0.15, 0.2) is 0 Å². The molecule has 1 amide bonds. The second-order valence-corrected chi connectivity index (χ2v) is 5.15. The third-order valence-electron chi connectivity index (χ3n) is 3.64. The molecule has 1 aliphatic heterocycles. The molecule has 0 radical (unpaired) electrons. The van der Waals surface area contributed by atoms with Crippen molar-refractivity contribution in [1.82, 2.24) is 4.90 Å². The van der Waals surface area contributed by atoms with Crippen LogP contribution in [0.2, 0.25) is 0 Å². The summed E-state index contributed by atoms with van der Waals surface area (Å²) in [5, 5.41) is 8.91. The van der Waals surface area contributed by atoms with E-state index >= 15 is 0 Å². The summed E-state index contributed by atoms with van der Waals surface area (Å²) in [7, 11) is 0. The molecule has 2 rings (SSSR count). The second kappa shape index (κ2) is 5.87. The highest BCUT2D eigenvalue weighted by Gasteiger charge is 2.30. The number of hydrogen-bond acceptors (Lipinski definition) is 2. The zero-order valence-corrected chi connectivity index (χ0v) is 11.1. The number of carboxylic acids is 1. The molecule has 0 saturated carbocycles. The predicted molar refractivity (Wildman–Crippen MR) is 71.8 cm³/mol. The van der Waals surface area contributed by atoms with Crippen molar-refractivity contribution in [2.75, 3.05) is 13.1 Å². The Morgan fingerprint density at radius 3 is 2.58 bits per heavy atom. The zero-order chi connectivity index (χ0) is 13.8. The molecule has 1 heterocycles. The van der Waals surface area contributed by atoms with Crippen molar-refractivity contribution < 1.29 is 14.7 Å². The lowest BCUT2D eigenvalue weighted by Crippen LogP contribution is -2.30. The van der Waals surface area contributed by atoms with E-state index in [1.807, 2.05) is 31.2 Å². The van der Waals surface area contributed by atoms with Crippen LogP contribution in [0.4, 0.5) is 0 Å². The maximum Gasteiger partial charge on any atom is 0.308 e. The maximum atomic E-state index is 12.0. The van der Waals surface area contributed by atoms with Crippen LogP contribution in [-0.2, 0) is 16.0 Å². The van der Waals surface area contributed by atoms with Crippen LogP contribution in [0, 0.1) is 12.8 Å². The highest BCUT2D eigenvalue weighted by molar-refractivity contribution is 5.78. The number of amides is 1. The van der Waals surface area contributed by atoms with Crippen molar-refractivity contribution in [2.45, 2.75) is 26.2 Å². The Labute approximate surface area is 113 Å². The van der Waals surface area contributed by atoms with E-state index in [9.17, 15) is 9.59 Å². The summed E-state index contributed by atoms with van der Waals surface area (Å²) >= 11 is 0. The molecule has 1 saturated heterocycles. The molecular weight excluding hydrogens is 242 g/mol. The lowest BCUT2D eigenvalue weighted by Gasteiger charge is -2.15. The molecule has 1 unspecified atom stereocenters. The van der Waals surface area contributed by atoms with Crippen LogP contribution in [0.1, 0.15) is 24.0 Å². The van der Waals surface area contributed by atoms with Crippen LogP contribution in [0.15, 0.2) is 24.3 Å². The van der Waals surface area contributed by atoms with E-state index in [0.717, 1.165) is 5.56 Å². The number of carboxylic acid groups (broad SMARTS) is 1. The third kappa shape index (κ3) is 3.56. The minimum absolute atomic E-state index is 0.0596. The number of carbonyl (C=O) groups is 2. The summed E-state index contributed by atoms with van der Waals surface area (Å²) in [6.45, 7) is 2.97. The Balaban J connectivity index is 1.82. The normalized spacial score (nSPS) is 18.6. The fourth-order valence-electron chi connectivity index (χ4n) is 2.35. The van der Waals surface area contributed by atoms with Crippen molar-refractivity contribution in [3.05, 3.63) is 35.4 Å². The van der Waals surface area contributed by atoms with Gasteiger partial charge in [-0.15, -0.1) is 0 Å². The maximum absolute atomic E-state index is 12.0. The van der Waals surface area contributed by atoms with Gasteiger partial charge in [0.05, 0.1) is 5.92 Å². The summed E-state index contributed by atoms with van der Waals surface area (Å²) < 4.78 is 0. The lowest BCUT2D eigenvalue weighted by atomic mass is 10.1. The average Bonchev–Trinajstić information content (AvgIpc) is 2.87. The number of nitrogens with zero attached hydrogens (tertiary/aromatic N) is 1. The molecular formula is C15H19NO3. The zero-order valence-electron chi connectivity index (χ0n) is 11.1. The van der Waals surface area contributed by atoms with Gasteiger partial charge in [0.25, 0.3) is 0 Å². The molecule has 1 aromatic carbocycles. The molecule has 1 N–H and O–H groups in total. The van der Waals surface area contributed by atoms with Gasteiger partial charge in [-0.2, -0.15) is 0 Å². The molecule has 1 fully saturated rings. The molecule has 0 bridgehead atoms. The van der Waals surface area contributed by atoms with Crippen molar-refractivity contribution in [2.24, 2.45) is 5.92 Å². The van der Waals surface area contributed by atoms with Crippen molar-refractivity contribution in [3.8, 4) is 0 Å². The van der Waals surface area contributed by atoms with Gasteiger partial charge in [0, 0.05) is 19.5 Å². The number of likely N-dealkylation sites (tertiary alicyclic amines) is 1. The second-order valence-electron chi connectivity index (χ2n) is 5.15. The standard InChI is InChI=1S/C15H19NO3/c1-11-2-4-12(5-3-11)6-7-14(17)16-9-8-13(10-16)15(18)19/h2-5,13H,6-10H2,1H3,(H,18,19). The lowest BCUT2D eigenvalue weighted by molar-refractivity contribution is -0.141. The number of rotatable bonds is 4. The smallest absolute Gasteiger partial charge is 0.308 e. The van der Waals surface area contributed by atoms with Crippen molar-refractivity contribution >= 4 is 11.9 Å². The van der Waals surface area contributed by atoms with Crippen LogP contribution < -0.4 is 0 Å². The molecule has 102 valence electrons. The van der Waals surface area contributed by atoms with Crippen LogP contribution in [-0.4, -0.2) is 35.0 Å². The average molecular weight is 261 g/mol. The number of carbonyl (C=O) groups excluding carboxylic acids is 1. The summed E-state index contributed by atoms with van der Waals surface area (Å²) in [6, 6.07) is 8.14. The van der Waals surface area contributed by atoms with Gasteiger partial charge in [0.2, 0.25) is 5.91 Å². The highest BCUT2D eigenvalue weighted by atomic mass is 16.4.